The number of benzene rings is 2. The number of aliphatic imine (C=N–C) groups is 1. The maximum atomic E-state index is 12.8. The highest BCUT2D eigenvalue weighted by molar-refractivity contribution is 5.99. The van der Waals surface area contributed by atoms with E-state index < -0.39 is 17.9 Å². The lowest BCUT2D eigenvalue weighted by Crippen LogP contribution is -2.48. The van der Waals surface area contributed by atoms with E-state index in [9.17, 15) is 14.4 Å². The third kappa shape index (κ3) is 7.40. The second kappa shape index (κ2) is 11.4. The van der Waals surface area contributed by atoms with Crippen LogP contribution in [-0.2, 0) is 14.4 Å². The summed E-state index contributed by atoms with van der Waals surface area (Å²) in [5.74, 6) is -1.39. The molecule has 0 bridgehead atoms. The maximum Gasteiger partial charge on any atom is 0.246 e. The van der Waals surface area contributed by atoms with E-state index in [1.54, 1.807) is 6.07 Å². The Morgan fingerprint density at radius 2 is 1.73 bits per heavy atom. The molecular weight excluding hydrogens is 386 g/mol. The molecule has 0 aliphatic carbocycles. The summed E-state index contributed by atoms with van der Waals surface area (Å²) in [6, 6.07) is 12.5. The zero-order valence-electron chi connectivity index (χ0n) is 16.6. The second-order valence-corrected chi connectivity index (χ2v) is 6.60. The molecule has 0 saturated heterocycles. The molecule has 10 nitrogen and oxygen atoms in total. The molecule has 2 aromatic rings. The predicted molar refractivity (Wildman–Crippen MR) is 116 cm³/mol. The lowest BCUT2D eigenvalue weighted by molar-refractivity contribution is -0.128. The molecule has 0 saturated carbocycles. The highest BCUT2D eigenvalue weighted by atomic mass is 16.2. The van der Waals surface area contributed by atoms with Gasteiger partial charge in [0, 0.05) is 12.2 Å². The first-order valence-electron chi connectivity index (χ1n) is 9.50. The number of nitrogens with zero attached hydrogens (tertiary/aromatic N) is 1. The molecule has 0 aliphatic rings. The molecule has 9 N–H and O–H groups in total. The first kappa shape index (κ1) is 22.6. The summed E-state index contributed by atoms with van der Waals surface area (Å²) in [6.45, 7) is -0.177. The van der Waals surface area contributed by atoms with Gasteiger partial charge in [0.05, 0.1) is 13.1 Å². The van der Waals surface area contributed by atoms with Crippen LogP contribution >= 0.6 is 0 Å². The van der Waals surface area contributed by atoms with E-state index in [1.807, 2.05) is 36.4 Å². The molecule has 0 fully saturated rings. The van der Waals surface area contributed by atoms with Gasteiger partial charge in [-0.05, 0) is 35.7 Å². The van der Waals surface area contributed by atoms with Gasteiger partial charge in [0.1, 0.15) is 6.04 Å². The van der Waals surface area contributed by atoms with Crippen LogP contribution in [0.5, 0.6) is 0 Å². The molecule has 2 rings (SSSR count). The van der Waals surface area contributed by atoms with Crippen LogP contribution in [-0.4, -0.2) is 49.4 Å². The predicted octanol–water partition coefficient (Wildman–Crippen LogP) is -0.608. The molecule has 1 atom stereocenters. The number of guanidine groups is 1. The summed E-state index contributed by atoms with van der Waals surface area (Å²) in [7, 11) is 0. The van der Waals surface area contributed by atoms with Gasteiger partial charge in [-0.15, -0.1) is 0 Å². The van der Waals surface area contributed by atoms with Crippen molar-refractivity contribution in [1.82, 2.24) is 10.6 Å². The summed E-state index contributed by atoms with van der Waals surface area (Å²) in [4.78, 5) is 40.0. The van der Waals surface area contributed by atoms with Crippen molar-refractivity contribution >= 4 is 40.1 Å². The molecule has 0 spiro atoms. The minimum Gasteiger partial charge on any atom is -0.370 e. The number of anilines is 1. The minimum atomic E-state index is -0.826. The van der Waals surface area contributed by atoms with Crippen molar-refractivity contribution in [2.75, 3.05) is 25.0 Å². The Kier molecular flexibility index (Phi) is 8.57. The van der Waals surface area contributed by atoms with E-state index >= 15 is 0 Å². The number of fused-ring (bicyclic) bond motifs is 1. The Bertz CT molecular complexity index is 926. The second-order valence-electron chi connectivity index (χ2n) is 6.60. The Morgan fingerprint density at radius 1 is 1.00 bits per heavy atom. The molecule has 30 heavy (non-hydrogen) atoms. The van der Waals surface area contributed by atoms with Gasteiger partial charge in [0.2, 0.25) is 17.7 Å². The number of nitrogens with one attached hydrogen (secondary N) is 3. The topological polar surface area (TPSA) is 178 Å². The number of amides is 3. The number of hydrogen-bond donors (Lipinski definition) is 6. The third-order valence-corrected chi connectivity index (χ3v) is 4.25. The summed E-state index contributed by atoms with van der Waals surface area (Å²) in [5.41, 5.74) is 16.4. The maximum absolute atomic E-state index is 12.8. The van der Waals surface area contributed by atoms with Gasteiger partial charge in [-0.25, -0.2) is 0 Å². The molecular formula is C20H27N7O3. The molecule has 0 unspecified atom stereocenters. The highest BCUT2D eigenvalue weighted by Gasteiger charge is 2.21. The van der Waals surface area contributed by atoms with Crippen LogP contribution in [0.15, 0.2) is 47.5 Å². The summed E-state index contributed by atoms with van der Waals surface area (Å²) >= 11 is 0. The normalized spacial score (nSPS) is 11.4. The van der Waals surface area contributed by atoms with Gasteiger partial charge in [-0.1, -0.05) is 30.3 Å². The number of carbonyl (C=O) groups excluding carboxylic acids is 3. The molecule has 0 aliphatic heterocycles. The van der Waals surface area contributed by atoms with Crippen LogP contribution in [0.25, 0.3) is 10.8 Å². The zero-order valence-corrected chi connectivity index (χ0v) is 16.6. The van der Waals surface area contributed by atoms with Gasteiger partial charge in [-0.2, -0.15) is 0 Å². The van der Waals surface area contributed by atoms with Crippen molar-refractivity contribution in [2.24, 2.45) is 22.2 Å². The van der Waals surface area contributed by atoms with Gasteiger partial charge in [-0.3, -0.25) is 19.4 Å². The lowest BCUT2D eigenvalue weighted by atomic mass is 10.1. The standard InChI is InChI=1S/C20H27N7O3/c21-11-17(28)25-12-18(29)27-16(6-3-9-24-20(22)23)19(30)26-15-8-7-13-4-1-2-5-14(13)10-15/h1-2,4-5,7-8,10,16H,3,6,9,11-12,21H2,(H,25,28)(H,26,30)(H,27,29)(H4,22,23,24)/t16-/m0/s1. The van der Waals surface area contributed by atoms with Crippen molar-refractivity contribution in [3.05, 3.63) is 42.5 Å². The number of carbonyl (C=O) groups is 3. The monoisotopic (exact) mass is 413 g/mol. The van der Waals surface area contributed by atoms with Gasteiger partial charge >= 0.3 is 0 Å². The molecule has 160 valence electrons. The molecule has 0 heterocycles. The van der Waals surface area contributed by atoms with Gasteiger partial charge in [0.15, 0.2) is 5.96 Å². The minimum absolute atomic E-state index is 0.0410. The van der Waals surface area contributed by atoms with Crippen LogP contribution in [0.3, 0.4) is 0 Å². The van der Waals surface area contributed by atoms with Crippen molar-refractivity contribution < 1.29 is 14.4 Å². The molecule has 3 amide bonds. The summed E-state index contributed by atoms with van der Waals surface area (Å²) in [5, 5.41) is 9.84. The van der Waals surface area contributed by atoms with Crippen LogP contribution in [0.4, 0.5) is 5.69 Å². The smallest absolute Gasteiger partial charge is 0.246 e. The number of rotatable bonds is 10. The van der Waals surface area contributed by atoms with Crippen LogP contribution in [0.1, 0.15) is 12.8 Å². The summed E-state index contributed by atoms with van der Waals surface area (Å²) < 4.78 is 0. The van der Waals surface area contributed by atoms with Crippen LogP contribution in [0, 0.1) is 0 Å². The van der Waals surface area contributed by atoms with Gasteiger partial charge < -0.3 is 33.2 Å². The Labute approximate surface area is 174 Å². The van der Waals surface area contributed by atoms with Gasteiger partial charge in [0.25, 0.3) is 0 Å². The first-order chi connectivity index (χ1) is 14.4. The van der Waals surface area contributed by atoms with E-state index in [4.69, 9.17) is 17.2 Å². The Balaban J connectivity index is 2.04. The lowest BCUT2D eigenvalue weighted by Gasteiger charge is -2.18. The fraction of sp³-hybridized carbons (Fsp3) is 0.300. The molecule has 2 aromatic carbocycles. The first-order valence-corrected chi connectivity index (χ1v) is 9.50. The van der Waals surface area contributed by atoms with Crippen molar-refractivity contribution in [2.45, 2.75) is 18.9 Å². The van der Waals surface area contributed by atoms with E-state index in [2.05, 4.69) is 20.9 Å². The SMILES string of the molecule is NCC(=O)NCC(=O)N[C@@H](CCCN=C(N)N)C(=O)Nc1ccc2ccccc2c1. The van der Waals surface area contributed by atoms with Crippen molar-refractivity contribution in [3.63, 3.8) is 0 Å². The Hall–Kier alpha value is -3.66. The molecule has 0 radical (unpaired) electrons. The zero-order chi connectivity index (χ0) is 21.9. The van der Waals surface area contributed by atoms with E-state index in [-0.39, 0.29) is 25.0 Å². The fourth-order valence-electron chi connectivity index (χ4n) is 2.77. The van der Waals surface area contributed by atoms with Crippen molar-refractivity contribution in [1.29, 1.82) is 0 Å². The molecule has 0 aromatic heterocycles. The third-order valence-electron chi connectivity index (χ3n) is 4.25. The summed E-state index contributed by atoms with van der Waals surface area (Å²) in [6.07, 6.45) is 0.788. The molecule has 10 heteroatoms. The quantitative estimate of drug-likeness (QED) is 0.172. The van der Waals surface area contributed by atoms with E-state index in [0.717, 1.165) is 10.8 Å². The van der Waals surface area contributed by atoms with Crippen LogP contribution < -0.4 is 33.2 Å². The largest absolute Gasteiger partial charge is 0.370 e. The average molecular weight is 413 g/mol. The van der Waals surface area contributed by atoms with E-state index in [1.165, 1.54) is 0 Å². The number of nitrogens with two attached hydrogens (primary N) is 3. The van der Waals surface area contributed by atoms with E-state index in [0.29, 0.717) is 25.1 Å². The fourth-order valence-corrected chi connectivity index (χ4v) is 2.77. The average Bonchev–Trinajstić information content (AvgIpc) is 2.73. The van der Waals surface area contributed by atoms with Crippen LogP contribution in [0.2, 0.25) is 0 Å². The Morgan fingerprint density at radius 3 is 2.43 bits per heavy atom. The van der Waals surface area contributed by atoms with Crippen molar-refractivity contribution in [3.8, 4) is 0 Å². The highest BCUT2D eigenvalue weighted by Crippen LogP contribution is 2.19. The number of hydrogen-bond acceptors (Lipinski definition) is 5.